The predicted molar refractivity (Wildman–Crippen MR) is 88.9 cm³/mol. The summed E-state index contributed by atoms with van der Waals surface area (Å²) in [5, 5.41) is 3.61. The van der Waals surface area contributed by atoms with Gasteiger partial charge in [-0.15, -0.1) is 11.8 Å². The molecule has 0 fully saturated rings. The molecule has 0 radical (unpaired) electrons. The van der Waals surface area contributed by atoms with Crippen molar-refractivity contribution in [3.63, 3.8) is 0 Å². The second-order valence-electron chi connectivity index (χ2n) is 5.71. The lowest BCUT2D eigenvalue weighted by atomic mass is 10.0. The molecule has 0 bridgehead atoms. The normalized spacial score (nSPS) is 17.2. The highest BCUT2D eigenvalue weighted by Gasteiger charge is 2.22. The number of fused-ring (bicyclic) bond motifs is 1. The number of benzene rings is 2. The quantitative estimate of drug-likeness (QED) is 0.836. The van der Waals surface area contributed by atoms with E-state index in [-0.39, 0.29) is 0 Å². The van der Waals surface area contributed by atoms with Gasteiger partial charge in [0.25, 0.3) is 0 Å². The van der Waals surface area contributed by atoms with E-state index in [2.05, 4.69) is 67.7 Å². The van der Waals surface area contributed by atoms with Gasteiger partial charge in [-0.2, -0.15) is 0 Å². The Kier molecular flexibility index (Phi) is 4.02. The maximum atomic E-state index is 3.61. The molecule has 1 aliphatic heterocycles. The number of nitrogens with one attached hydrogen (secondary N) is 1. The number of hydrogen-bond donors (Lipinski definition) is 1. The van der Waals surface area contributed by atoms with E-state index >= 15 is 0 Å². The highest BCUT2D eigenvalue weighted by Crippen LogP contribution is 2.39. The summed E-state index contributed by atoms with van der Waals surface area (Å²) < 4.78 is 0. The minimum Gasteiger partial charge on any atom is -0.384 e. The van der Waals surface area contributed by atoms with Gasteiger partial charge in [-0.25, -0.2) is 0 Å². The molecule has 1 unspecified atom stereocenters. The molecular weight excluding hydrogens is 262 g/mol. The van der Waals surface area contributed by atoms with Gasteiger partial charge in [-0.1, -0.05) is 44.2 Å². The molecule has 20 heavy (non-hydrogen) atoms. The fourth-order valence-electron chi connectivity index (χ4n) is 2.65. The van der Waals surface area contributed by atoms with E-state index in [1.54, 1.807) is 0 Å². The number of anilines is 1. The van der Waals surface area contributed by atoms with E-state index in [9.17, 15) is 0 Å². The highest BCUT2D eigenvalue weighted by molar-refractivity contribution is 7.99. The Hall–Kier alpha value is -1.41. The van der Waals surface area contributed by atoms with Crippen LogP contribution in [-0.2, 0) is 0 Å². The Balaban J connectivity index is 1.67. The van der Waals surface area contributed by atoms with Crippen molar-refractivity contribution in [1.29, 1.82) is 0 Å². The molecule has 2 aromatic carbocycles. The third kappa shape index (κ3) is 2.85. The molecule has 1 atom stereocenters. The predicted octanol–water partition coefficient (Wildman–Crippen LogP) is 5.11. The Morgan fingerprint density at radius 3 is 2.85 bits per heavy atom. The van der Waals surface area contributed by atoms with Crippen LogP contribution in [0.5, 0.6) is 0 Å². The van der Waals surface area contributed by atoms with Gasteiger partial charge in [0.05, 0.1) is 0 Å². The van der Waals surface area contributed by atoms with Crippen molar-refractivity contribution in [1.82, 2.24) is 0 Å². The third-order valence-corrected chi connectivity index (χ3v) is 5.16. The Morgan fingerprint density at radius 2 is 2.00 bits per heavy atom. The molecule has 1 N–H and O–H groups in total. The molecule has 0 aromatic heterocycles. The average molecular weight is 283 g/mol. The molecular formula is C18H21NS. The number of thioether (sulfide) groups is 1. The van der Waals surface area contributed by atoms with Crippen LogP contribution in [0.2, 0.25) is 0 Å². The Bertz CT molecular complexity index is 591. The lowest BCUT2D eigenvalue weighted by Crippen LogP contribution is -2.12. The molecule has 1 heterocycles. The second kappa shape index (κ2) is 5.92. The van der Waals surface area contributed by atoms with Crippen LogP contribution in [0.1, 0.15) is 36.8 Å². The number of rotatable bonds is 4. The first-order valence-corrected chi connectivity index (χ1v) is 8.28. The van der Waals surface area contributed by atoms with Crippen LogP contribution in [0.4, 0.5) is 5.69 Å². The van der Waals surface area contributed by atoms with Crippen molar-refractivity contribution >= 4 is 17.4 Å². The largest absolute Gasteiger partial charge is 0.384 e. The summed E-state index contributed by atoms with van der Waals surface area (Å²) in [7, 11) is 0. The van der Waals surface area contributed by atoms with Gasteiger partial charge in [-0.05, 0) is 35.2 Å². The minimum absolute atomic E-state index is 0.583. The summed E-state index contributed by atoms with van der Waals surface area (Å²) in [5.74, 6) is 2.40. The highest BCUT2D eigenvalue weighted by atomic mass is 32.2. The van der Waals surface area contributed by atoms with Crippen molar-refractivity contribution in [2.75, 3.05) is 17.6 Å². The zero-order valence-electron chi connectivity index (χ0n) is 12.1. The summed E-state index contributed by atoms with van der Waals surface area (Å²) >= 11 is 1.98. The van der Waals surface area contributed by atoms with Gasteiger partial charge in [0.1, 0.15) is 0 Å². The van der Waals surface area contributed by atoms with Crippen molar-refractivity contribution in [3.05, 3.63) is 59.7 Å². The van der Waals surface area contributed by atoms with Crippen LogP contribution in [0.3, 0.4) is 0 Å². The smallest absolute Gasteiger partial charge is 0.0343 e. The standard InChI is InChI=1S/C18H21NS/c1-13(2)14-6-5-7-16(10-14)19-11-15-12-20-18-9-4-3-8-17(15)18/h3-10,13,15,19H,11-12H2,1-2H3. The van der Waals surface area contributed by atoms with Gasteiger partial charge < -0.3 is 5.32 Å². The van der Waals surface area contributed by atoms with Crippen LogP contribution < -0.4 is 5.32 Å². The molecule has 104 valence electrons. The Labute approximate surface area is 125 Å². The van der Waals surface area contributed by atoms with E-state index in [4.69, 9.17) is 0 Å². The zero-order valence-corrected chi connectivity index (χ0v) is 12.9. The second-order valence-corrected chi connectivity index (χ2v) is 6.77. The van der Waals surface area contributed by atoms with Crippen LogP contribution in [0.25, 0.3) is 0 Å². The lowest BCUT2D eigenvalue weighted by molar-refractivity contribution is 0.817. The molecule has 3 rings (SSSR count). The van der Waals surface area contributed by atoms with Crippen LogP contribution in [0, 0.1) is 0 Å². The summed E-state index contributed by atoms with van der Waals surface area (Å²) in [5.41, 5.74) is 4.15. The molecule has 1 nitrogen and oxygen atoms in total. The lowest BCUT2D eigenvalue weighted by Gasteiger charge is -2.14. The fraction of sp³-hybridized carbons (Fsp3) is 0.333. The molecule has 0 saturated heterocycles. The van der Waals surface area contributed by atoms with E-state index < -0.39 is 0 Å². The van der Waals surface area contributed by atoms with Crippen molar-refractivity contribution in [2.45, 2.75) is 30.6 Å². The van der Waals surface area contributed by atoms with Crippen molar-refractivity contribution in [2.24, 2.45) is 0 Å². The zero-order chi connectivity index (χ0) is 13.9. The van der Waals surface area contributed by atoms with Gasteiger partial charge in [0, 0.05) is 28.8 Å². The molecule has 0 saturated carbocycles. The van der Waals surface area contributed by atoms with Crippen molar-refractivity contribution < 1.29 is 0 Å². The fourth-order valence-corrected chi connectivity index (χ4v) is 3.90. The minimum atomic E-state index is 0.583. The van der Waals surface area contributed by atoms with E-state index in [1.807, 2.05) is 11.8 Å². The number of hydrogen-bond acceptors (Lipinski definition) is 2. The van der Waals surface area contributed by atoms with E-state index in [0.717, 1.165) is 6.54 Å². The molecule has 0 amide bonds. The van der Waals surface area contributed by atoms with Gasteiger partial charge in [-0.3, -0.25) is 0 Å². The van der Waals surface area contributed by atoms with Crippen LogP contribution in [-0.4, -0.2) is 12.3 Å². The summed E-state index contributed by atoms with van der Waals surface area (Å²) in [6.45, 7) is 5.50. The van der Waals surface area contributed by atoms with E-state index in [1.165, 1.54) is 27.5 Å². The molecule has 0 spiro atoms. The van der Waals surface area contributed by atoms with Gasteiger partial charge in [0.2, 0.25) is 0 Å². The first-order valence-electron chi connectivity index (χ1n) is 7.29. The molecule has 2 heteroatoms. The van der Waals surface area contributed by atoms with Gasteiger partial charge in [0.15, 0.2) is 0 Å². The molecule has 1 aliphatic rings. The van der Waals surface area contributed by atoms with Crippen LogP contribution >= 0.6 is 11.8 Å². The maximum absolute atomic E-state index is 3.61. The third-order valence-electron chi connectivity index (χ3n) is 3.90. The van der Waals surface area contributed by atoms with Gasteiger partial charge >= 0.3 is 0 Å². The molecule has 2 aromatic rings. The topological polar surface area (TPSA) is 12.0 Å². The Morgan fingerprint density at radius 1 is 1.15 bits per heavy atom. The first-order chi connectivity index (χ1) is 9.74. The van der Waals surface area contributed by atoms with Crippen molar-refractivity contribution in [3.8, 4) is 0 Å². The van der Waals surface area contributed by atoms with E-state index in [0.29, 0.717) is 11.8 Å². The molecule has 0 aliphatic carbocycles. The van der Waals surface area contributed by atoms with Crippen LogP contribution in [0.15, 0.2) is 53.4 Å². The summed E-state index contributed by atoms with van der Waals surface area (Å²) in [6.07, 6.45) is 0. The summed E-state index contributed by atoms with van der Waals surface area (Å²) in [6, 6.07) is 17.6. The first kappa shape index (κ1) is 13.6. The average Bonchev–Trinajstić information content (AvgIpc) is 2.89. The SMILES string of the molecule is CC(C)c1cccc(NCC2CSc3ccccc32)c1. The maximum Gasteiger partial charge on any atom is 0.0343 e. The monoisotopic (exact) mass is 283 g/mol. The summed E-state index contributed by atoms with van der Waals surface area (Å²) in [4.78, 5) is 1.45.